The van der Waals surface area contributed by atoms with Crippen molar-refractivity contribution in [2.45, 2.75) is 33.1 Å². The Morgan fingerprint density at radius 3 is 2.20 bits per heavy atom. The molecule has 0 aliphatic rings. The predicted octanol–water partition coefficient (Wildman–Crippen LogP) is 8.45. The zero-order valence-corrected chi connectivity index (χ0v) is 19.3. The number of isothiocyanates is 1. The van der Waals surface area contributed by atoms with E-state index in [0.29, 0.717) is 15.7 Å². The summed E-state index contributed by atoms with van der Waals surface area (Å²) >= 11 is 17.2. The number of hydrogen-bond acceptors (Lipinski definition) is 2. The van der Waals surface area contributed by atoms with E-state index in [1.807, 2.05) is 36.4 Å². The van der Waals surface area contributed by atoms with Crippen LogP contribution >= 0.6 is 35.4 Å². The molecule has 0 aliphatic heterocycles. The molecule has 0 amide bonds. The monoisotopic (exact) mass is 449 g/mol. The first-order valence-electron chi connectivity index (χ1n) is 9.80. The number of aliphatic imine (C=N–C) groups is 1. The average molecular weight is 450 g/mol. The molecular formula is C26H21Cl2NS. The number of halogens is 2. The van der Waals surface area contributed by atoms with E-state index in [0.717, 1.165) is 28.7 Å². The summed E-state index contributed by atoms with van der Waals surface area (Å²) in [4.78, 5) is 3.92. The largest absolute Gasteiger partial charge is 0.192 e. The van der Waals surface area contributed by atoms with Gasteiger partial charge in [0.2, 0.25) is 0 Å². The minimum atomic E-state index is 0.440. The third-order valence-corrected chi connectivity index (χ3v) is 5.51. The van der Waals surface area contributed by atoms with Crippen LogP contribution in [0.25, 0.3) is 11.1 Å². The fraction of sp³-hybridized carbons (Fsp3) is 0.192. The van der Waals surface area contributed by atoms with Crippen LogP contribution in [0.15, 0.2) is 59.6 Å². The van der Waals surface area contributed by atoms with E-state index >= 15 is 0 Å². The van der Waals surface area contributed by atoms with E-state index in [1.165, 1.54) is 24.0 Å². The normalized spacial score (nSPS) is 10.1. The van der Waals surface area contributed by atoms with Gasteiger partial charge in [0, 0.05) is 11.1 Å². The molecule has 0 N–H and O–H groups in total. The summed E-state index contributed by atoms with van der Waals surface area (Å²) in [6.45, 7) is 4.33. The van der Waals surface area contributed by atoms with Gasteiger partial charge in [-0.25, -0.2) is 0 Å². The van der Waals surface area contributed by atoms with Gasteiger partial charge in [0.1, 0.15) is 5.69 Å². The van der Waals surface area contributed by atoms with E-state index in [9.17, 15) is 0 Å². The lowest BCUT2D eigenvalue weighted by molar-refractivity contribution is 0.794. The minimum Gasteiger partial charge on any atom is -0.192 e. The zero-order chi connectivity index (χ0) is 21.5. The molecule has 4 heteroatoms. The summed E-state index contributed by atoms with van der Waals surface area (Å²) < 4.78 is 0. The van der Waals surface area contributed by atoms with E-state index in [2.05, 4.69) is 66.3 Å². The van der Waals surface area contributed by atoms with Crippen LogP contribution in [0.2, 0.25) is 10.0 Å². The molecule has 0 saturated heterocycles. The Kier molecular flexibility index (Phi) is 7.86. The number of unbranched alkanes of at least 4 members (excludes halogenated alkanes) is 1. The number of nitrogens with zero attached hydrogens (tertiary/aromatic N) is 1. The lowest BCUT2D eigenvalue weighted by Crippen LogP contribution is -1.89. The Labute approximate surface area is 193 Å². The molecule has 3 rings (SSSR count). The SMILES string of the molecule is CCCCc1ccc(C#Cc2ccc(-c3cc(Cl)c(N=C=S)c(Cl)c3)cc2)c(C)c1. The minimum absolute atomic E-state index is 0.440. The molecule has 0 unspecified atom stereocenters. The van der Waals surface area contributed by atoms with Crippen LogP contribution < -0.4 is 0 Å². The maximum absolute atomic E-state index is 6.28. The Morgan fingerprint density at radius 2 is 1.60 bits per heavy atom. The molecule has 0 spiro atoms. The highest BCUT2D eigenvalue weighted by Crippen LogP contribution is 2.37. The molecule has 30 heavy (non-hydrogen) atoms. The molecule has 1 nitrogen and oxygen atoms in total. The van der Waals surface area contributed by atoms with Crippen molar-refractivity contribution in [3.8, 4) is 23.0 Å². The topological polar surface area (TPSA) is 12.4 Å². The van der Waals surface area contributed by atoms with Crippen LogP contribution in [0, 0.1) is 18.8 Å². The van der Waals surface area contributed by atoms with Crippen molar-refractivity contribution >= 4 is 46.3 Å². The fourth-order valence-electron chi connectivity index (χ4n) is 3.17. The maximum Gasteiger partial charge on any atom is 0.111 e. The summed E-state index contributed by atoms with van der Waals surface area (Å²) in [6, 6.07) is 18.2. The van der Waals surface area contributed by atoms with Gasteiger partial charge >= 0.3 is 0 Å². The van der Waals surface area contributed by atoms with Crippen molar-refractivity contribution in [3.05, 3.63) is 86.9 Å². The molecule has 0 aromatic heterocycles. The van der Waals surface area contributed by atoms with Gasteiger partial charge < -0.3 is 0 Å². The van der Waals surface area contributed by atoms with Crippen LogP contribution in [-0.4, -0.2) is 5.16 Å². The van der Waals surface area contributed by atoms with Gasteiger partial charge in [-0.3, -0.25) is 0 Å². The van der Waals surface area contributed by atoms with Gasteiger partial charge in [0.25, 0.3) is 0 Å². The molecular weight excluding hydrogens is 429 g/mol. The Hall–Kier alpha value is -2.40. The van der Waals surface area contributed by atoms with Crippen LogP contribution in [-0.2, 0) is 6.42 Å². The third kappa shape index (κ3) is 5.60. The lowest BCUT2D eigenvalue weighted by atomic mass is 10.0. The number of thiocarbonyl (C=S) groups is 1. The van der Waals surface area contributed by atoms with Gasteiger partial charge in [0.15, 0.2) is 0 Å². The first-order valence-corrected chi connectivity index (χ1v) is 11.0. The van der Waals surface area contributed by atoms with Crippen LogP contribution in [0.5, 0.6) is 0 Å². The van der Waals surface area contributed by atoms with Gasteiger partial charge in [-0.2, -0.15) is 4.99 Å². The second kappa shape index (κ2) is 10.6. The highest BCUT2D eigenvalue weighted by Gasteiger charge is 2.09. The standard InChI is InChI=1S/C26H21Cl2NS/c1-3-4-5-20-9-11-21(18(2)14-20)10-6-19-7-12-22(13-8-19)23-15-24(27)26(29-17-30)25(28)16-23/h7-9,11-16H,3-5H2,1-2H3. The van der Waals surface area contributed by atoms with Gasteiger partial charge in [-0.15, -0.1) is 0 Å². The zero-order valence-electron chi connectivity index (χ0n) is 16.9. The third-order valence-electron chi connectivity index (χ3n) is 4.84. The molecule has 0 radical (unpaired) electrons. The molecule has 0 aliphatic carbocycles. The second-order valence-corrected chi connectivity index (χ2v) is 8.07. The van der Waals surface area contributed by atoms with Gasteiger partial charge in [-0.1, -0.05) is 72.7 Å². The van der Waals surface area contributed by atoms with E-state index in [4.69, 9.17) is 23.2 Å². The highest BCUT2D eigenvalue weighted by molar-refractivity contribution is 7.78. The molecule has 0 bridgehead atoms. The van der Waals surface area contributed by atoms with Crippen LogP contribution in [0.1, 0.15) is 42.0 Å². The second-order valence-electron chi connectivity index (χ2n) is 7.07. The quantitative estimate of drug-likeness (QED) is 0.216. The smallest absolute Gasteiger partial charge is 0.111 e. The number of rotatable bonds is 5. The average Bonchev–Trinajstić information content (AvgIpc) is 2.74. The molecule has 150 valence electrons. The summed E-state index contributed by atoms with van der Waals surface area (Å²) in [5.74, 6) is 6.54. The Morgan fingerprint density at radius 1 is 0.900 bits per heavy atom. The maximum atomic E-state index is 6.28. The van der Waals surface area contributed by atoms with Crippen LogP contribution in [0.3, 0.4) is 0 Å². The fourth-order valence-corrected chi connectivity index (χ4v) is 3.84. The van der Waals surface area contributed by atoms with Gasteiger partial charge in [-0.05, 0) is 84.6 Å². The van der Waals surface area contributed by atoms with Crippen molar-refractivity contribution < 1.29 is 0 Å². The van der Waals surface area contributed by atoms with Crippen molar-refractivity contribution in [1.29, 1.82) is 0 Å². The first kappa shape index (κ1) is 22.3. The molecule has 3 aromatic carbocycles. The van der Waals surface area contributed by atoms with Crippen molar-refractivity contribution in [2.75, 3.05) is 0 Å². The molecule has 0 atom stereocenters. The van der Waals surface area contributed by atoms with E-state index in [-0.39, 0.29) is 0 Å². The van der Waals surface area contributed by atoms with Crippen molar-refractivity contribution in [1.82, 2.24) is 0 Å². The molecule has 0 heterocycles. The summed E-state index contributed by atoms with van der Waals surface area (Å²) in [6.07, 6.45) is 3.55. The van der Waals surface area contributed by atoms with Crippen molar-refractivity contribution in [2.24, 2.45) is 4.99 Å². The predicted molar refractivity (Wildman–Crippen MR) is 132 cm³/mol. The number of benzene rings is 3. The van der Waals surface area contributed by atoms with Gasteiger partial charge in [0.05, 0.1) is 15.2 Å². The lowest BCUT2D eigenvalue weighted by Gasteiger charge is -2.06. The molecule has 0 saturated carbocycles. The van der Waals surface area contributed by atoms with E-state index < -0.39 is 0 Å². The van der Waals surface area contributed by atoms with Crippen molar-refractivity contribution in [3.63, 3.8) is 0 Å². The van der Waals surface area contributed by atoms with Crippen LogP contribution in [0.4, 0.5) is 5.69 Å². The highest BCUT2D eigenvalue weighted by atomic mass is 35.5. The Balaban J connectivity index is 1.80. The molecule has 3 aromatic rings. The number of aryl methyl sites for hydroxylation is 2. The van der Waals surface area contributed by atoms with E-state index in [1.54, 1.807) is 0 Å². The summed E-state index contributed by atoms with van der Waals surface area (Å²) in [7, 11) is 0. The summed E-state index contributed by atoms with van der Waals surface area (Å²) in [5, 5.41) is 3.18. The number of hydrogen-bond donors (Lipinski definition) is 0. The Bertz CT molecular complexity index is 1140. The summed E-state index contributed by atoms with van der Waals surface area (Å²) in [5.41, 5.74) is 6.96. The molecule has 0 fully saturated rings. The first-order chi connectivity index (χ1) is 14.5.